The molecular weight excluding hydrogens is 236 g/mol. The van der Waals surface area contributed by atoms with Gasteiger partial charge in [-0.15, -0.1) is 0 Å². The van der Waals surface area contributed by atoms with E-state index >= 15 is 0 Å². The molecule has 0 N–H and O–H groups in total. The molecule has 0 unspecified atom stereocenters. The van der Waals surface area contributed by atoms with Crippen LogP contribution in [0.1, 0.15) is 0 Å². The van der Waals surface area contributed by atoms with Gasteiger partial charge in [0, 0.05) is 39.6 Å². The third-order valence-corrected chi connectivity index (χ3v) is 0. The van der Waals surface area contributed by atoms with Crippen molar-refractivity contribution in [3.05, 3.63) is 0 Å². The van der Waals surface area contributed by atoms with Gasteiger partial charge in [-0.25, -0.2) is 0 Å². The molecule has 0 bridgehead atoms. The van der Waals surface area contributed by atoms with Crippen molar-refractivity contribution in [2.24, 2.45) is 0 Å². The fraction of sp³-hybridized carbons (Fsp3) is 0. The molecule has 6 radical (unpaired) electrons. The molecule has 0 spiro atoms. The molecule has 0 aliphatic rings. The molecule has 0 aliphatic heterocycles. The van der Waals surface area contributed by atoms with Crippen LogP contribution in [0.2, 0.25) is 0 Å². The van der Waals surface area contributed by atoms with Gasteiger partial charge in [-0.2, -0.15) is 40.5 Å². The van der Waals surface area contributed by atoms with Gasteiger partial charge in [-0.05, 0) is 0 Å². The SMILES string of the molecule is S.S.S.[Ga].[Ga]. The Morgan fingerprint density at radius 2 is 0.400 bits per heavy atom. The molecule has 0 heterocycles. The van der Waals surface area contributed by atoms with Crippen molar-refractivity contribution in [3.8, 4) is 0 Å². The summed E-state index contributed by atoms with van der Waals surface area (Å²) in [6.45, 7) is 0. The molecule has 0 aromatic carbocycles. The first-order valence-electron chi connectivity index (χ1n) is 0. The van der Waals surface area contributed by atoms with Crippen LogP contribution >= 0.6 is 40.5 Å². The minimum atomic E-state index is 0. The van der Waals surface area contributed by atoms with E-state index in [2.05, 4.69) is 0 Å². The van der Waals surface area contributed by atoms with Gasteiger partial charge in [0.05, 0.1) is 0 Å². The molecule has 0 saturated carbocycles. The third kappa shape index (κ3) is 21.9. The fourth-order valence-electron chi connectivity index (χ4n) is 0. The average molecular weight is 242 g/mol. The molecule has 0 rings (SSSR count). The Morgan fingerprint density at radius 3 is 0.400 bits per heavy atom. The maximum absolute atomic E-state index is 0. The van der Waals surface area contributed by atoms with Crippen LogP contribution in [-0.4, -0.2) is 39.6 Å². The molecule has 0 aromatic rings. The second-order valence-electron chi connectivity index (χ2n) is 0. The topological polar surface area (TPSA) is 0 Å². The first-order chi connectivity index (χ1) is 0. The third-order valence-electron chi connectivity index (χ3n) is 0. The first-order valence-corrected chi connectivity index (χ1v) is 0. The molecule has 30 valence electrons. The smallest absolute Gasteiger partial charge is 0 e. The van der Waals surface area contributed by atoms with Crippen molar-refractivity contribution in [2.75, 3.05) is 0 Å². The summed E-state index contributed by atoms with van der Waals surface area (Å²) in [5, 5.41) is 0. The molecular formula is H6Ga2S3. The minimum Gasteiger partial charge on any atom is -0.197 e. The summed E-state index contributed by atoms with van der Waals surface area (Å²) in [6.07, 6.45) is 0. The van der Waals surface area contributed by atoms with Crippen LogP contribution in [0.15, 0.2) is 0 Å². The van der Waals surface area contributed by atoms with Gasteiger partial charge in [-0.3, -0.25) is 0 Å². The van der Waals surface area contributed by atoms with Crippen LogP contribution in [0.3, 0.4) is 0 Å². The Kier molecular flexibility index (Phi) is 360. The molecule has 5 heavy (non-hydrogen) atoms. The number of rotatable bonds is 0. The maximum atomic E-state index is 0. The Balaban J connectivity index is 0. The van der Waals surface area contributed by atoms with Gasteiger partial charge in [0.15, 0.2) is 0 Å². The summed E-state index contributed by atoms with van der Waals surface area (Å²) >= 11 is 0. The second kappa shape index (κ2) is 33.2. The molecule has 0 amide bonds. The van der Waals surface area contributed by atoms with E-state index in [4.69, 9.17) is 0 Å². The van der Waals surface area contributed by atoms with Gasteiger partial charge < -0.3 is 0 Å². The zero-order valence-corrected chi connectivity index (χ0v) is 10.5. The maximum Gasteiger partial charge on any atom is 0 e. The van der Waals surface area contributed by atoms with Crippen molar-refractivity contribution in [3.63, 3.8) is 0 Å². The van der Waals surface area contributed by atoms with Gasteiger partial charge in [0.25, 0.3) is 0 Å². The molecule has 0 fully saturated rings. The van der Waals surface area contributed by atoms with Gasteiger partial charge in [-0.1, -0.05) is 0 Å². The van der Waals surface area contributed by atoms with Crippen LogP contribution < -0.4 is 0 Å². The first kappa shape index (κ1) is 54.3. The predicted octanol–water partition coefficient (Wildman–Crippen LogP) is -0.423. The molecule has 0 nitrogen and oxygen atoms in total. The van der Waals surface area contributed by atoms with Crippen molar-refractivity contribution in [1.29, 1.82) is 0 Å². The molecule has 0 aromatic heterocycles. The average Bonchev–Trinajstić information content (AvgIpc) is 0. The van der Waals surface area contributed by atoms with Crippen molar-refractivity contribution in [1.82, 2.24) is 0 Å². The Labute approximate surface area is 79.3 Å². The summed E-state index contributed by atoms with van der Waals surface area (Å²) in [4.78, 5) is 0. The van der Waals surface area contributed by atoms with E-state index in [0.29, 0.717) is 0 Å². The van der Waals surface area contributed by atoms with Crippen LogP contribution in [0.25, 0.3) is 0 Å². The van der Waals surface area contributed by atoms with Crippen LogP contribution in [0.4, 0.5) is 0 Å². The van der Waals surface area contributed by atoms with Crippen molar-refractivity contribution >= 4 is 80.1 Å². The van der Waals surface area contributed by atoms with E-state index in [-0.39, 0.29) is 80.1 Å². The van der Waals surface area contributed by atoms with Gasteiger partial charge in [0.2, 0.25) is 0 Å². The van der Waals surface area contributed by atoms with Crippen molar-refractivity contribution in [2.45, 2.75) is 0 Å². The quantitative estimate of drug-likeness (QED) is 0.506. The van der Waals surface area contributed by atoms with E-state index < -0.39 is 0 Å². The Bertz CT molecular complexity index is 4.85. The summed E-state index contributed by atoms with van der Waals surface area (Å²) in [6, 6.07) is 0. The van der Waals surface area contributed by atoms with Crippen LogP contribution in [0, 0.1) is 0 Å². The van der Waals surface area contributed by atoms with E-state index in [9.17, 15) is 0 Å². The predicted molar refractivity (Wildman–Crippen MR) is 42.7 cm³/mol. The summed E-state index contributed by atoms with van der Waals surface area (Å²) in [5.41, 5.74) is 0. The monoisotopic (exact) mass is 240 g/mol. The number of hydrogen-bond acceptors (Lipinski definition) is 0. The standard InChI is InChI=1S/2Ga.3H2S/h;;3*1H2. The van der Waals surface area contributed by atoms with E-state index in [1.165, 1.54) is 0 Å². The second-order valence-corrected chi connectivity index (χ2v) is 0. The summed E-state index contributed by atoms with van der Waals surface area (Å²) in [7, 11) is 0. The zero-order valence-electron chi connectivity index (χ0n) is 2.65. The van der Waals surface area contributed by atoms with Gasteiger partial charge >= 0.3 is 0 Å². The minimum absolute atomic E-state index is 0. The molecule has 0 atom stereocenters. The fourth-order valence-corrected chi connectivity index (χ4v) is 0. The van der Waals surface area contributed by atoms with E-state index in [1.807, 2.05) is 0 Å². The zero-order chi connectivity index (χ0) is 0. The van der Waals surface area contributed by atoms with Crippen LogP contribution in [0.5, 0.6) is 0 Å². The number of hydrogen-bond donors (Lipinski definition) is 0. The van der Waals surface area contributed by atoms with Crippen LogP contribution in [-0.2, 0) is 0 Å². The summed E-state index contributed by atoms with van der Waals surface area (Å²) in [5.74, 6) is 0. The van der Waals surface area contributed by atoms with E-state index in [1.54, 1.807) is 0 Å². The van der Waals surface area contributed by atoms with Gasteiger partial charge in [0.1, 0.15) is 0 Å². The molecule has 0 saturated heterocycles. The summed E-state index contributed by atoms with van der Waals surface area (Å²) < 4.78 is 0. The largest absolute Gasteiger partial charge is 0.197 e. The molecule has 5 heteroatoms. The molecule has 0 aliphatic carbocycles. The normalized spacial score (nSPS) is 0. The Morgan fingerprint density at radius 1 is 0.400 bits per heavy atom. The van der Waals surface area contributed by atoms with Crippen molar-refractivity contribution < 1.29 is 0 Å². The Hall–Kier alpha value is 2.32. The van der Waals surface area contributed by atoms with E-state index in [0.717, 1.165) is 0 Å².